The van der Waals surface area contributed by atoms with Gasteiger partial charge in [-0.25, -0.2) is 13.2 Å². The minimum absolute atomic E-state index is 0.297. The van der Waals surface area contributed by atoms with E-state index in [-0.39, 0.29) is 12.0 Å². The molecule has 102 valence electrons. The van der Waals surface area contributed by atoms with E-state index in [4.69, 9.17) is 5.11 Å². The number of carboxylic acids is 1. The monoisotopic (exact) mass is 273 g/mol. The van der Waals surface area contributed by atoms with E-state index in [0.29, 0.717) is 12.1 Å². The maximum atomic E-state index is 13.7. The Balaban J connectivity index is 2.52. The molecule has 7 heteroatoms. The van der Waals surface area contributed by atoms with Crippen molar-refractivity contribution in [1.29, 1.82) is 0 Å². The molecule has 1 aromatic carbocycles. The van der Waals surface area contributed by atoms with Gasteiger partial charge in [0.2, 0.25) is 5.91 Å². The van der Waals surface area contributed by atoms with E-state index in [1.807, 2.05) is 0 Å². The fourth-order valence-electron chi connectivity index (χ4n) is 2.28. The minimum Gasteiger partial charge on any atom is -0.481 e. The molecule has 2 atom stereocenters. The molecule has 1 heterocycles. The summed E-state index contributed by atoms with van der Waals surface area (Å²) < 4.78 is 39.7. The molecule has 19 heavy (non-hydrogen) atoms. The highest BCUT2D eigenvalue weighted by Crippen LogP contribution is 2.38. The quantitative estimate of drug-likeness (QED) is 0.834. The van der Waals surface area contributed by atoms with Crippen LogP contribution in [0.2, 0.25) is 0 Å². The van der Waals surface area contributed by atoms with E-state index in [2.05, 4.69) is 0 Å². The highest BCUT2D eigenvalue weighted by Gasteiger charge is 2.44. The molecule has 2 unspecified atom stereocenters. The van der Waals surface area contributed by atoms with Gasteiger partial charge in [0.05, 0.1) is 12.0 Å². The number of likely N-dealkylation sites (tertiary alicyclic amines) is 1. The van der Waals surface area contributed by atoms with E-state index in [9.17, 15) is 22.8 Å². The Morgan fingerprint density at radius 2 is 1.84 bits per heavy atom. The van der Waals surface area contributed by atoms with Crippen LogP contribution < -0.4 is 0 Å². The summed E-state index contributed by atoms with van der Waals surface area (Å²) in [7, 11) is 1.30. The van der Waals surface area contributed by atoms with Crippen LogP contribution in [0.15, 0.2) is 12.1 Å². The summed E-state index contributed by atoms with van der Waals surface area (Å²) in [5, 5.41) is 9.03. The predicted molar refractivity (Wildman–Crippen MR) is 57.6 cm³/mol. The summed E-state index contributed by atoms with van der Waals surface area (Å²) in [4.78, 5) is 23.6. The number of hydrogen-bond acceptors (Lipinski definition) is 2. The lowest BCUT2D eigenvalue weighted by atomic mass is 9.93. The summed E-state index contributed by atoms with van der Waals surface area (Å²) >= 11 is 0. The first kappa shape index (κ1) is 13.4. The summed E-state index contributed by atoms with van der Waals surface area (Å²) in [5.41, 5.74) is -0.334. The summed E-state index contributed by atoms with van der Waals surface area (Å²) in [5.74, 6) is -6.67. The Kier molecular flexibility index (Phi) is 3.21. The molecule has 1 aromatic rings. The standard InChI is InChI=1S/C12H10F3NO3/c1-16-10(17)3-6(12(18)19)11(16)5-2-8(14)9(15)4-7(5)13/h2,4,6,11H,3H2,1H3,(H,18,19). The van der Waals surface area contributed by atoms with Crippen molar-refractivity contribution in [2.24, 2.45) is 5.92 Å². The predicted octanol–water partition coefficient (Wildman–Crippen LogP) is 1.71. The van der Waals surface area contributed by atoms with Crippen molar-refractivity contribution in [2.75, 3.05) is 7.05 Å². The first-order valence-corrected chi connectivity index (χ1v) is 5.46. The molecule has 0 aliphatic carbocycles. The molecule has 2 rings (SSSR count). The fourth-order valence-corrected chi connectivity index (χ4v) is 2.28. The number of carbonyl (C=O) groups is 2. The van der Waals surface area contributed by atoms with Crippen LogP contribution in [0.25, 0.3) is 0 Å². The molecule has 1 aliphatic rings. The van der Waals surface area contributed by atoms with Crippen LogP contribution in [-0.2, 0) is 9.59 Å². The molecule has 1 N–H and O–H groups in total. The van der Waals surface area contributed by atoms with E-state index in [1.165, 1.54) is 7.05 Å². The number of halogens is 3. The molecule has 1 fully saturated rings. The van der Waals surface area contributed by atoms with Crippen molar-refractivity contribution in [2.45, 2.75) is 12.5 Å². The van der Waals surface area contributed by atoms with Crippen LogP contribution >= 0.6 is 0 Å². The molecule has 0 spiro atoms. The van der Waals surface area contributed by atoms with Crippen LogP contribution in [0.4, 0.5) is 13.2 Å². The molecular weight excluding hydrogens is 263 g/mol. The zero-order valence-electron chi connectivity index (χ0n) is 9.86. The maximum absolute atomic E-state index is 13.7. The van der Waals surface area contributed by atoms with Gasteiger partial charge in [-0.15, -0.1) is 0 Å². The van der Waals surface area contributed by atoms with Gasteiger partial charge in [-0.2, -0.15) is 0 Å². The second kappa shape index (κ2) is 4.56. The topological polar surface area (TPSA) is 57.6 Å². The first-order chi connectivity index (χ1) is 8.82. The normalized spacial score (nSPS) is 22.9. The van der Waals surface area contributed by atoms with Gasteiger partial charge in [-0.3, -0.25) is 9.59 Å². The largest absolute Gasteiger partial charge is 0.481 e. The van der Waals surface area contributed by atoms with Crippen molar-refractivity contribution in [3.63, 3.8) is 0 Å². The average Bonchev–Trinajstić information content (AvgIpc) is 2.61. The number of rotatable bonds is 2. The van der Waals surface area contributed by atoms with Crippen molar-refractivity contribution in [1.82, 2.24) is 4.90 Å². The number of carboxylic acid groups (broad SMARTS) is 1. The van der Waals surface area contributed by atoms with Gasteiger partial charge in [0.1, 0.15) is 5.82 Å². The number of carbonyl (C=O) groups excluding carboxylic acids is 1. The van der Waals surface area contributed by atoms with Crippen LogP contribution in [0.3, 0.4) is 0 Å². The second-order valence-electron chi connectivity index (χ2n) is 4.39. The van der Waals surface area contributed by atoms with E-state index >= 15 is 0 Å². The number of amides is 1. The van der Waals surface area contributed by atoms with E-state index in [0.717, 1.165) is 4.90 Å². The van der Waals surface area contributed by atoms with Gasteiger partial charge in [-0.1, -0.05) is 0 Å². The van der Waals surface area contributed by atoms with Crippen LogP contribution in [-0.4, -0.2) is 28.9 Å². The third-order valence-corrected chi connectivity index (χ3v) is 3.26. The lowest BCUT2D eigenvalue weighted by molar-refractivity contribution is -0.142. The maximum Gasteiger partial charge on any atom is 0.309 e. The smallest absolute Gasteiger partial charge is 0.309 e. The van der Waals surface area contributed by atoms with Gasteiger partial charge in [0.25, 0.3) is 0 Å². The van der Waals surface area contributed by atoms with Gasteiger partial charge in [0.15, 0.2) is 11.6 Å². The van der Waals surface area contributed by atoms with Gasteiger partial charge in [-0.05, 0) is 6.07 Å². The van der Waals surface area contributed by atoms with E-state index < -0.39 is 41.3 Å². The number of hydrogen-bond donors (Lipinski definition) is 1. The Morgan fingerprint density at radius 1 is 1.26 bits per heavy atom. The van der Waals surface area contributed by atoms with Crippen molar-refractivity contribution in [3.8, 4) is 0 Å². The molecule has 4 nitrogen and oxygen atoms in total. The van der Waals surface area contributed by atoms with Crippen LogP contribution in [0.1, 0.15) is 18.0 Å². The number of benzene rings is 1. The molecule has 0 aromatic heterocycles. The highest BCUT2D eigenvalue weighted by molar-refractivity contribution is 5.87. The van der Waals surface area contributed by atoms with Gasteiger partial charge in [0, 0.05) is 25.1 Å². The zero-order chi connectivity index (χ0) is 14.3. The molecule has 0 radical (unpaired) electrons. The molecular formula is C12H10F3NO3. The second-order valence-corrected chi connectivity index (χ2v) is 4.39. The van der Waals surface area contributed by atoms with E-state index in [1.54, 1.807) is 0 Å². The lowest BCUT2D eigenvalue weighted by Crippen LogP contribution is -2.28. The Labute approximate surface area is 106 Å². The fraction of sp³-hybridized carbons (Fsp3) is 0.333. The Morgan fingerprint density at radius 3 is 2.42 bits per heavy atom. The van der Waals surface area contributed by atoms with Gasteiger partial charge >= 0.3 is 5.97 Å². The SMILES string of the molecule is CN1C(=O)CC(C(=O)O)C1c1cc(F)c(F)cc1F. The molecule has 0 saturated carbocycles. The van der Waals surface area contributed by atoms with Gasteiger partial charge < -0.3 is 10.0 Å². The lowest BCUT2D eigenvalue weighted by Gasteiger charge is -2.23. The van der Waals surface area contributed by atoms with Crippen LogP contribution in [0, 0.1) is 23.4 Å². The zero-order valence-corrected chi connectivity index (χ0v) is 9.86. The van der Waals surface area contributed by atoms with Crippen molar-refractivity contribution < 1.29 is 27.9 Å². The summed E-state index contributed by atoms with van der Waals surface area (Å²) in [6.07, 6.45) is -0.297. The molecule has 1 amide bonds. The molecule has 0 bridgehead atoms. The molecule has 1 aliphatic heterocycles. The van der Waals surface area contributed by atoms with Crippen molar-refractivity contribution >= 4 is 11.9 Å². The average molecular weight is 273 g/mol. The third kappa shape index (κ3) is 2.16. The minimum atomic E-state index is -1.36. The van der Waals surface area contributed by atoms with Crippen molar-refractivity contribution in [3.05, 3.63) is 35.1 Å². The third-order valence-electron chi connectivity index (χ3n) is 3.26. The number of nitrogens with zero attached hydrogens (tertiary/aromatic N) is 1. The summed E-state index contributed by atoms with van der Waals surface area (Å²) in [6, 6.07) is -0.194. The van der Waals surface area contributed by atoms with Crippen LogP contribution in [0.5, 0.6) is 0 Å². The Hall–Kier alpha value is -2.05. The summed E-state index contributed by atoms with van der Waals surface area (Å²) in [6.45, 7) is 0. The number of aliphatic carboxylic acids is 1. The first-order valence-electron chi connectivity index (χ1n) is 5.46. The highest BCUT2D eigenvalue weighted by atomic mass is 19.2. The Bertz CT molecular complexity index is 561. The molecule has 1 saturated heterocycles.